The van der Waals surface area contributed by atoms with Crippen LogP contribution in [0.3, 0.4) is 0 Å². The van der Waals surface area contributed by atoms with E-state index in [2.05, 4.69) is 10.6 Å². The first-order valence-corrected chi connectivity index (χ1v) is 11.4. The molecule has 4 rings (SSSR count). The van der Waals surface area contributed by atoms with Gasteiger partial charge in [-0.25, -0.2) is 4.90 Å². The summed E-state index contributed by atoms with van der Waals surface area (Å²) in [4.78, 5) is 39.4. The van der Waals surface area contributed by atoms with Gasteiger partial charge in [-0.1, -0.05) is 77.3 Å². The van der Waals surface area contributed by atoms with E-state index in [9.17, 15) is 14.4 Å². The Morgan fingerprint density at radius 3 is 2.32 bits per heavy atom. The van der Waals surface area contributed by atoms with E-state index in [0.717, 1.165) is 10.5 Å². The highest BCUT2D eigenvalue weighted by Gasteiger charge is 2.40. The van der Waals surface area contributed by atoms with Crippen molar-refractivity contribution >= 4 is 63.9 Å². The smallest absolute Gasteiger partial charge is 0.283 e. The second-order valence-electron chi connectivity index (χ2n) is 7.52. The molecule has 1 heterocycles. The van der Waals surface area contributed by atoms with Gasteiger partial charge in [-0.2, -0.15) is 0 Å². The highest BCUT2D eigenvalue weighted by atomic mass is 35.5. The molecule has 1 aliphatic rings. The molecule has 0 aromatic heterocycles. The summed E-state index contributed by atoms with van der Waals surface area (Å²) in [6.45, 7) is 1.89. The van der Waals surface area contributed by atoms with Crippen molar-refractivity contribution in [3.05, 3.63) is 105 Å². The number of halogens is 3. The summed E-state index contributed by atoms with van der Waals surface area (Å²) in [6, 6.07) is 20.5. The number of amides is 3. The number of nitrogens with one attached hydrogen (secondary N) is 2. The van der Waals surface area contributed by atoms with Gasteiger partial charge in [0.05, 0.1) is 21.8 Å². The SMILES string of the molecule is CC(NC(=O)c1cccc(NC2=C(Cl)C(=O)N(c3cccc(Cl)c3Cl)C2=O)c1)c1ccccc1. The van der Waals surface area contributed by atoms with Gasteiger partial charge in [0, 0.05) is 11.3 Å². The van der Waals surface area contributed by atoms with Crippen LogP contribution in [0.4, 0.5) is 11.4 Å². The van der Waals surface area contributed by atoms with E-state index in [1.54, 1.807) is 36.4 Å². The van der Waals surface area contributed by atoms with Crippen LogP contribution in [-0.4, -0.2) is 17.7 Å². The lowest BCUT2D eigenvalue weighted by Gasteiger charge is -2.17. The Bertz CT molecular complexity index is 1330. The van der Waals surface area contributed by atoms with Crippen LogP contribution in [0.5, 0.6) is 0 Å². The lowest BCUT2D eigenvalue weighted by atomic mass is 10.1. The van der Waals surface area contributed by atoms with E-state index in [-0.39, 0.29) is 38.4 Å². The molecule has 9 heteroatoms. The molecule has 3 aromatic rings. The number of imide groups is 1. The lowest BCUT2D eigenvalue weighted by molar-refractivity contribution is -0.120. The minimum atomic E-state index is -0.732. The van der Waals surface area contributed by atoms with Crippen molar-refractivity contribution in [2.24, 2.45) is 0 Å². The highest BCUT2D eigenvalue weighted by Crippen LogP contribution is 2.37. The standard InChI is InChI=1S/C25H18Cl3N3O3/c1-14(15-7-3-2-4-8-15)29-23(32)16-9-5-10-17(13-16)30-22-21(28)24(33)31(25(22)34)19-12-6-11-18(26)20(19)27/h2-14,30H,1H3,(H,29,32). The van der Waals surface area contributed by atoms with Gasteiger partial charge in [0.25, 0.3) is 17.7 Å². The third kappa shape index (κ3) is 4.66. The van der Waals surface area contributed by atoms with Crippen molar-refractivity contribution < 1.29 is 14.4 Å². The topological polar surface area (TPSA) is 78.5 Å². The Labute approximate surface area is 211 Å². The zero-order chi connectivity index (χ0) is 24.4. The Morgan fingerprint density at radius 1 is 0.882 bits per heavy atom. The molecular formula is C25H18Cl3N3O3. The highest BCUT2D eigenvalue weighted by molar-refractivity contribution is 6.54. The van der Waals surface area contributed by atoms with Crippen LogP contribution in [-0.2, 0) is 9.59 Å². The normalized spacial score (nSPS) is 14.4. The van der Waals surface area contributed by atoms with E-state index >= 15 is 0 Å². The molecule has 2 N–H and O–H groups in total. The van der Waals surface area contributed by atoms with Crippen molar-refractivity contribution in [3.63, 3.8) is 0 Å². The van der Waals surface area contributed by atoms with Crippen molar-refractivity contribution in [3.8, 4) is 0 Å². The third-order valence-electron chi connectivity index (χ3n) is 5.24. The molecule has 1 unspecified atom stereocenters. The number of carbonyl (C=O) groups excluding carboxylic acids is 3. The molecule has 0 saturated carbocycles. The van der Waals surface area contributed by atoms with E-state index in [1.165, 1.54) is 6.07 Å². The molecule has 0 aliphatic carbocycles. The maximum atomic E-state index is 13.0. The van der Waals surface area contributed by atoms with Crippen LogP contribution in [0.2, 0.25) is 10.0 Å². The molecule has 1 atom stereocenters. The minimum absolute atomic E-state index is 0.0581. The molecule has 0 spiro atoms. The summed E-state index contributed by atoms with van der Waals surface area (Å²) < 4.78 is 0. The summed E-state index contributed by atoms with van der Waals surface area (Å²) in [5, 5.41) is 5.76. The average molecular weight is 515 g/mol. The molecule has 0 saturated heterocycles. The fourth-order valence-corrected chi connectivity index (χ4v) is 4.08. The Hall–Kier alpha value is -3.32. The van der Waals surface area contributed by atoms with Crippen molar-refractivity contribution in [2.75, 3.05) is 10.2 Å². The van der Waals surface area contributed by atoms with Crippen LogP contribution in [0.25, 0.3) is 0 Å². The monoisotopic (exact) mass is 513 g/mol. The molecule has 6 nitrogen and oxygen atoms in total. The zero-order valence-electron chi connectivity index (χ0n) is 17.8. The summed E-state index contributed by atoms with van der Waals surface area (Å²) in [5.74, 6) is -1.71. The van der Waals surface area contributed by atoms with Gasteiger partial charge in [0.1, 0.15) is 10.7 Å². The zero-order valence-corrected chi connectivity index (χ0v) is 20.1. The van der Waals surface area contributed by atoms with E-state index < -0.39 is 11.8 Å². The summed E-state index contributed by atoms with van der Waals surface area (Å²) in [7, 11) is 0. The van der Waals surface area contributed by atoms with E-state index in [0.29, 0.717) is 11.3 Å². The van der Waals surface area contributed by atoms with Crippen LogP contribution in [0, 0.1) is 0 Å². The molecule has 0 fully saturated rings. The van der Waals surface area contributed by atoms with Gasteiger partial charge < -0.3 is 10.6 Å². The van der Waals surface area contributed by atoms with Crippen LogP contribution >= 0.6 is 34.8 Å². The van der Waals surface area contributed by atoms with Crippen LogP contribution in [0.15, 0.2) is 83.5 Å². The van der Waals surface area contributed by atoms with Crippen LogP contribution in [0.1, 0.15) is 28.9 Å². The lowest BCUT2D eigenvalue weighted by Crippen LogP contribution is -2.32. The number of anilines is 2. The Balaban J connectivity index is 1.53. The maximum Gasteiger partial charge on any atom is 0.283 e. The Kier molecular flexibility index (Phi) is 6.93. The molecule has 34 heavy (non-hydrogen) atoms. The predicted octanol–water partition coefficient (Wildman–Crippen LogP) is 5.92. The van der Waals surface area contributed by atoms with Gasteiger partial charge in [-0.15, -0.1) is 0 Å². The number of nitrogens with zero attached hydrogens (tertiary/aromatic N) is 1. The number of benzene rings is 3. The number of hydrogen-bond donors (Lipinski definition) is 2. The first-order chi connectivity index (χ1) is 16.3. The fraction of sp³-hybridized carbons (Fsp3) is 0.0800. The minimum Gasteiger partial charge on any atom is -0.350 e. The van der Waals surface area contributed by atoms with Crippen LogP contribution < -0.4 is 15.5 Å². The maximum absolute atomic E-state index is 13.0. The Morgan fingerprint density at radius 2 is 1.59 bits per heavy atom. The van der Waals surface area contributed by atoms with Gasteiger partial charge in [-0.05, 0) is 42.8 Å². The van der Waals surface area contributed by atoms with Crippen molar-refractivity contribution in [1.29, 1.82) is 0 Å². The molecule has 3 amide bonds. The number of carbonyl (C=O) groups is 3. The van der Waals surface area contributed by atoms with Crippen molar-refractivity contribution in [1.82, 2.24) is 5.32 Å². The predicted molar refractivity (Wildman–Crippen MR) is 134 cm³/mol. The van der Waals surface area contributed by atoms with E-state index in [1.807, 2.05) is 37.3 Å². The quantitative estimate of drug-likeness (QED) is 0.400. The second kappa shape index (κ2) is 9.89. The summed E-state index contributed by atoms with van der Waals surface area (Å²) >= 11 is 18.4. The van der Waals surface area contributed by atoms with Gasteiger partial charge in [-0.3, -0.25) is 14.4 Å². The molecule has 1 aliphatic heterocycles. The molecule has 3 aromatic carbocycles. The largest absolute Gasteiger partial charge is 0.350 e. The first kappa shape index (κ1) is 23.8. The van der Waals surface area contributed by atoms with Gasteiger partial charge >= 0.3 is 0 Å². The first-order valence-electron chi connectivity index (χ1n) is 10.2. The summed E-state index contributed by atoms with van der Waals surface area (Å²) in [5.41, 5.74) is 1.75. The molecule has 0 radical (unpaired) electrons. The van der Waals surface area contributed by atoms with Gasteiger partial charge in [0.2, 0.25) is 0 Å². The molecular weight excluding hydrogens is 497 g/mol. The fourth-order valence-electron chi connectivity index (χ4n) is 3.48. The summed E-state index contributed by atoms with van der Waals surface area (Å²) in [6.07, 6.45) is 0. The number of hydrogen-bond acceptors (Lipinski definition) is 4. The third-order valence-corrected chi connectivity index (χ3v) is 6.40. The van der Waals surface area contributed by atoms with Gasteiger partial charge in [0.15, 0.2) is 0 Å². The molecule has 0 bridgehead atoms. The van der Waals surface area contributed by atoms with E-state index in [4.69, 9.17) is 34.8 Å². The average Bonchev–Trinajstić information content (AvgIpc) is 3.04. The number of rotatable bonds is 6. The molecule has 172 valence electrons. The second-order valence-corrected chi connectivity index (χ2v) is 8.68. The van der Waals surface area contributed by atoms with Crippen molar-refractivity contribution in [2.45, 2.75) is 13.0 Å².